The molecule has 3 heteroatoms. The Morgan fingerprint density at radius 2 is 2.06 bits per heavy atom. The molecule has 16 heavy (non-hydrogen) atoms. The molecule has 1 aliphatic rings. The highest BCUT2D eigenvalue weighted by molar-refractivity contribution is 7.14. The fourth-order valence-corrected chi connectivity index (χ4v) is 4.81. The molecule has 0 amide bonds. The van der Waals surface area contributed by atoms with Gasteiger partial charge in [0, 0.05) is 19.5 Å². The average Bonchev–Trinajstić information content (AvgIpc) is 2.89. The van der Waals surface area contributed by atoms with E-state index in [2.05, 4.69) is 25.1 Å². The van der Waals surface area contributed by atoms with E-state index in [1.807, 2.05) is 11.3 Å². The number of alkyl halides is 1. The van der Waals surface area contributed by atoms with Crippen LogP contribution < -0.4 is 0 Å². The van der Waals surface area contributed by atoms with Gasteiger partial charge < -0.3 is 0 Å². The molecule has 0 aliphatic heterocycles. The van der Waals surface area contributed by atoms with Gasteiger partial charge in [-0.05, 0) is 49.9 Å². The maximum atomic E-state index is 6.53. The molecule has 0 spiro atoms. The predicted octanol–water partition coefficient (Wildman–Crippen LogP) is 4.93. The third kappa shape index (κ3) is 1.83. The molecule has 0 radical (unpaired) electrons. The van der Waals surface area contributed by atoms with Gasteiger partial charge in [0.2, 0.25) is 0 Å². The molecule has 1 unspecified atom stereocenters. The summed E-state index contributed by atoms with van der Waals surface area (Å²) in [5, 5.41) is 0.0642. The summed E-state index contributed by atoms with van der Waals surface area (Å²) in [5.41, 5.74) is 1.54. The SMILES string of the molecule is Cc1ccc(C(Cl)c2cc3c(s2)CCC3)s1. The van der Waals surface area contributed by atoms with E-state index in [9.17, 15) is 0 Å². The lowest BCUT2D eigenvalue weighted by Gasteiger charge is -2.03. The second-order valence-electron chi connectivity index (χ2n) is 4.26. The maximum absolute atomic E-state index is 6.53. The van der Waals surface area contributed by atoms with Crippen LogP contribution in [0.25, 0.3) is 0 Å². The number of thiophene rings is 2. The minimum Gasteiger partial charge on any atom is -0.144 e. The molecule has 2 aromatic heterocycles. The first-order valence-electron chi connectivity index (χ1n) is 5.56. The lowest BCUT2D eigenvalue weighted by Crippen LogP contribution is -1.85. The van der Waals surface area contributed by atoms with Crippen molar-refractivity contribution in [2.75, 3.05) is 0 Å². The van der Waals surface area contributed by atoms with Gasteiger partial charge in [0.15, 0.2) is 0 Å². The van der Waals surface area contributed by atoms with Crippen LogP contribution in [0.4, 0.5) is 0 Å². The van der Waals surface area contributed by atoms with Gasteiger partial charge in [0.05, 0.1) is 0 Å². The number of fused-ring (bicyclic) bond motifs is 1. The van der Waals surface area contributed by atoms with Gasteiger partial charge in [-0.25, -0.2) is 0 Å². The molecule has 2 aromatic rings. The van der Waals surface area contributed by atoms with Gasteiger partial charge in [0.25, 0.3) is 0 Å². The third-order valence-corrected chi connectivity index (χ3v) is 6.12. The van der Waals surface area contributed by atoms with Gasteiger partial charge in [-0.1, -0.05) is 0 Å². The van der Waals surface area contributed by atoms with Crippen LogP contribution in [0.3, 0.4) is 0 Å². The maximum Gasteiger partial charge on any atom is 0.102 e. The van der Waals surface area contributed by atoms with Crippen LogP contribution in [0.1, 0.15) is 36.9 Å². The Bertz CT molecular complexity index is 488. The number of rotatable bonds is 2. The summed E-state index contributed by atoms with van der Waals surface area (Å²) in [6, 6.07) is 6.62. The molecule has 2 heterocycles. The summed E-state index contributed by atoms with van der Waals surface area (Å²) in [7, 11) is 0. The molecule has 3 rings (SSSR count). The molecule has 0 nitrogen and oxygen atoms in total. The largest absolute Gasteiger partial charge is 0.144 e. The zero-order chi connectivity index (χ0) is 11.1. The molecule has 0 saturated carbocycles. The minimum atomic E-state index is 0.0642. The van der Waals surface area contributed by atoms with Crippen LogP contribution in [-0.4, -0.2) is 0 Å². The molecule has 1 atom stereocenters. The van der Waals surface area contributed by atoms with E-state index >= 15 is 0 Å². The molecule has 0 N–H and O–H groups in total. The predicted molar refractivity (Wildman–Crippen MR) is 73.1 cm³/mol. The number of hydrogen-bond donors (Lipinski definition) is 0. The summed E-state index contributed by atoms with van der Waals surface area (Å²) < 4.78 is 0. The van der Waals surface area contributed by atoms with Crippen molar-refractivity contribution < 1.29 is 0 Å². The Labute approximate surface area is 109 Å². The Morgan fingerprint density at radius 3 is 2.75 bits per heavy atom. The standard InChI is InChI=1S/C13H13ClS2/c1-8-5-6-11(15-8)13(14)12-7-9-3-2-4-10(9)16-12/h5-7,13H,2-4H2,1H3. The van der Waals surface area contributed by atoms with E-state index in [4.69, 9.17) is 11.6 Å². The Balaban J connectivity index is 1.91. The Kier molecular flexibility index (Phi) is 2.82. The summed E-state index contributed by atoms with van der Waals surface area (Å²) in [5.74, 6) is 0. The second kappa shape index (κ2) is 4.17. The summed E-state index contributed by atoms with van der Waals surface area (Å²) in [4.78, 5) is 5.51. The fraction of sp³-hybridized carbons (Fsp3) is 0.385. The fourth-order valence-electron chi connectivity index (χ4n) is 2.21. The third-order valence-electron chi connectivity index (χ3n) is 3.03. The monoisotopic (exact) mass is 268 g/mol. The molecule has 0 fully saturated rings. The Hall–Kier alpha value is -0.310. The van der Waals surface area contributed by atoms with Crippen molar-refractivity contribution >= 4 is 34.3 Å². The van der Waals surface area contributed by atoms with Crippen molar-refractivity contribution in [2.24, 2.45) is 0 Å². The van der Waals surface area contributed by atoms with Crippen LogP contribution in [0, 0.1) is 6.92 Å². The molecule has 1 aliphatic carbocycles. The van der Waals surface area contributed by atoms with Crippen LogP contribution in [0.5, 0.6) is 0 Å². The lowest BCUT2D eigenvalue weighted by atomic mass is 10.2. The quantitative estimate of drug-likeness (QED) is 0.677. The van der Waals surface area contributed by atoms with Crippen molar-refractivity contribution in [3.05, 3.63) is 43.3 Å². The molecular formula is C13H13ClS2. The van der Waals surface area contributed by atoms with E-state index in [-0.39, 0.29) is 5.38 Å². The second-order valence-corrected chi connectivity index (χ2v) is 7.19. The van der Waals surface area contributed by atoms with Crippen LogP contribution in [0.15, 0.2) is 18.2 Å². The van der Waals surface area contributed by atoms with Crippen LogP contribution in [-0.2, 0) is 12.8 Å². The van der Waals surface area contributed by atoms with Crippen molar-refractivity contribution in [1.82, 2.24) is 0 Å². The minimum absolute atomic E-state index is 0.0642. The topological polar surface area (TPSA) is 0 Å². The van der Waals surface area contributed by atoms with E-state index < -0.39 is 0 Å². The average molecular weight is 269 g/mol. The van der Waals surface area contributed by atoms with E-state index in [1.54, 1.807) is 21.8 Å². The molecule has 84 valence electrons. The van der Waals surface area contributed by atoms with Gasteiger partial charge >= 0.3 is 0 Å². The summed E-state index contributed by atoms with van der Waals surface area (Å²) >= 11 is 10.2. The van der Waals surface area contributed by atoms with E-state index in [0.717, 1.165) is 0 Å². The van der Waals surface area contributed by atoms with Crippen molar-refractivity contribution in [3.8, 4) is 0 Å². The normalized spacial score (nSPS) is 16.4. The zero-order valence-electron chi connectivity index (χ0n) is 9.13. The first kappa shape index (κ1) is 10.8. The lowest BCUT2D eigenvalue weighted by molar-refractivity contribution is 0.913. The van der Waals surface area contributed by atoms with Crippen molar-refractivity contribution in [2.45, 2.75) is 31.6 Å². The Morgan fingerprint density at radius 1 is 1.19 bits per heavy atom. The van der Waals surface area contributed by atoms with Crippen LogP contribution in [0.2, 0.25) is 0 Å². The van der Waals surface area contributed by atoms with Gasteiger partial charge in [0.1, 0.15) is 5.38 Å². The van der Waals surface area contributed by atoms with Crippen LogP contribution >= 0.6 is 34.3 Å². The molecular weight excluding hydrogens is 256 g/mol. The summed E-state index contributed by atoms with van der Waals surface area (Å²) in [6.07, 6.45) is 3.83. The first-order valence-corrected chi connectivity index (χ1v) is 7.63. The number of hydrogen-bond acceptors (Lipinski definition) is 2. The summed E-state index contributed by atoms with van der Waals surface area (Å²) in [6.45, 7) is 2.13. The highest BCUT2D eigenvalue weighted by atomic mass is 35.5. The smallest absolute Gasteiger partial charge is 0.102 e. The highest BCUT2D eigenvalue weighted by Gasteiger charge is 2.20. The first-order chi connectivity index (χ1) is 7.74. The van der Waals surface area contributed by atoms with E-state index in [1.165, 1.54) is 33.9 Å². The molecule has 0 aromatic carbocycles. The van der Waals surface area contributed by atoms with Gasteiger partial charge in [-0.2, -0.15) is 0 Å². The number of aryl methyl sites for hydroxylation is 3. The van der Waals surface area contributed by atoms with Gasteiger partial charge in [-0.3, -0.25) is 0 Å². The van der Waals surface area contributed by atoms with Gasteiger partial charge in [-0.15, -0.1) is 34.3 Å². The molecule has 0 saturated heterocycles. The number of halogens is 1. The zero-order valence-corrected chi connectivity index (χ0v) is 11.5. The van der Waals surface area contributed by atoms with Crippen molar-refractivity contribution in [3.63, 3.8) is 0 Å². The van der Waals surface area contributed by atoms with E-state index in [0.29, 0.717) is 0 Å². The molecule has 0 bridgehead atoms. The highest BCUT2D eigenvalue weighted by Crippen LogP contribution is 2.40. The van der Waals surface area contributed by atoms with Crippen molar-refractivity contribution in [1.29, 1.82) is 0 Å².